The van der Waals surface area contributed by atoms with E-state index in [0.717, 1.165) is 0 Å². The Kier molecular flexibility index (Phi) is 3.70. The van der Waals surface area contributed by atoms with Crippen LogP contribution in [0.25, 0.3) is 0 Å². The number of ketones is 1. The second-order valence-corrected chi connectivity index (χ2v) is 3.31. The van der Waals surface area contributed by atoms with E-state index in [2.05, 4.69) is 0 Å². The summed E-state index contributed by atoms with van der Waals surface area (Å²) >= 11 is 5.88. The molecule has 0 aliphatic heterocycles. The molecule has 0 unspecified atom stereocenters. The minimum atomic E-state index is -0.182. The first kappa shape index (κ1) is 11.5. The lowest BCUT2D eigenvalue weighted by atomic mass is 10.1. The first-order valence-electron chi connectivity index (χ1n) is 4.47. The fraction of sp³-hybridized carbons (Fsp3) is 0.273. The van der Waals surface area contributed by atoms with E-state index in [1.165, 1.54) is 13.0 Å². The number of benzene rings is 1. The van der Waals surface area contributed by atoms with Crippen LogP contribution in [-0.2, 0) is 0 Å². The third-order valence-corrected chi connectivity index (χ3v) is 2.26. The van der Waals surface area contributed by atoms with Crippen LogP contribution in [0.2, 0.25) is 5.02 Å². The van der Waals surface area contributed by atoms with E-state index in [9.17, 15) is 4.79 Å². The molecule has 3 nitrogen and oxygen atoms in total. The fourth-order valence-corrected chi connectivity index (χ4v) is 1.47. The van der Waals surface area contributed by atoms with Crippen molar-refractivity contribution in [1.29, 1.82) is 5.26 Å². The molecule has 0 aliphatic carbocycles. The first-order valence-corrected chi connectivity index (χ1v) is 4.85. The predicted octanol–water partition coefficient (Wildman–Crippen LogP) is 2.81. The molecule has 78 valence electrons. The van der Waals surface area contributed by atoms with Crippen LogP contribution in [-0.4, -0.2) is 12.4 Å². The summed E-state index contributed by atoms with van der Waals surface area (Å²) in [5.74, 6) is 0.307. The highest BCUT2D eigenvalue weighted by atomic mass is 35.5. The summed E-state index contributed by atoms with van der Waals surface area (Å²) < 4.78 is 5.23. The van der Waals surface area contributed by atoms with Gasteiger partial charge >= 0.3 is 0 Å². The number of hydrogen-bond acceptors (Lipinski definition) is 3. The maximum Gasteiger partial charge on any atom is 0.161 e. The van der Waals surface area contributed by atoms with E-state index < -0.39 is 0 Å². The average Bonchev–Trinajstić information content (AvgIpc) is 2.20. The van der Waals surface area contributed by atoms with E-state index in [-0.39, 0.29) is 16.4 Å². The molecule has 0 aromatic heterocycles. The van der Waals surface area contributed by atoms with Gasteiger partial charge in [0.15, 0.2) is 5.78 Å². The molecule has 0 atom stereocenters. The zero-order valence-corrected chi connectivity index (χ0v) is 9.26. The number of hydrogen-bond donors (Lipinski definition) is 0. The Balaban J connectivity index is 3.33. The molecular formula is C11H10ClNO2. The minimum absolute atomic E-state index is 0.182. The van der Waals surface area contributed by atoms with Gasteiger partial charge in [0.1, 0.15) is 11.8 Å². The summed E-state index contributed by atoms with van der Waals surface area (Å²) in [7, 11) is 0. The molecule has 0 N–H and O–H groups in total. The molecule has 15 heavy (non-hydrogen) atoms. The fourth-order valence-electron chi connectivity index (χ4n) is 1.19. The van der Waals surface area contributed by atoms with Gasteiger partial charge in [0, 0.05) is 5.56 Å². The normalized spacial score (nSPS) is 9.47. The first-order chi connectivity index (χ1) is 7.10. The van der Waals surface area contributed by atoms with Gasteiger partial charge in [0.2, 0.25) is 0 Å². The van der Waals surface area contributed by atoms with Gasteiger partial charge in [-0.3, -0.25) is 4.79 Å². The smallest absolute Gasteiger partial charge is 0.161 e. The maximum atomic E-state index is 11.2. The molecule has 0 bridgehead atoms. The Hall–Kier alpha value is -1.53. The Morgan fingerprint density at radius 3 is 2.73 bits per heavy atom. The largest absolute Gasteiger partial charge is 0.494 e. The number of ether oxygens (including phenoxy) is 1. The van der Waals surface area contributed by atoms with Gasteiger partial charge in [-0.25, -0.2) is 0 Å². The molecule has 1 rings (SSSR count). The summed E-state index contributed by atoms with van der Waals surface area (Å²) in [4.78, 5) is 11.2. The van der Waals surface area contributed by atoms with Crippen LogP contribution in [0, 0.1) is 11.3 Å². The highest BCUT2D eigenvalue weighted by Crippen LogP contribution is 2.27. The van der Waals surface area contributed by atoms with E-state index in [4.69, 9.17) is 21.6 Å². The number of nitrogens with zero attached hydrogens (tertiary/aromatic N) is 1. The van der Waals surface area contributed by atoms with E-state index in [1.807, 2.05) is 13.0 Å². The van der Waals surface area contributed by atoms with Gasteiger partial charge < -0.3 is 4.74 Å². The van der Waals surface area contributed by atoms with Crippen LogP contribution in [0.15, 0.2) is 12.1 Å². The molecule has 1 aromatic rings. The molecule has 0 saturated heterocycles. The molecule has 0 heterocycles. The zero-order chi connectivity index (χ0) is 11.4. The summed E-state index contributed by atoms with van der Waals surface area (Å²) in [5.41, 5.74) is 0.576. The molecule has 0 fully saturated rings. The van der Waals surface area contributed by atoms with Gasteiger partial charge in [-0.15, -0.1) is 0 Å². The Morgan fingerprint density at radius 2 is 2.27 bits per heavy atom. The van der Waals surface area contributed by atoms with Crippen LogP contribution >= 0.6 is 11.6 Å². The topological polar surface area (TPSA) is 50.1 Å². The highest BCUT2D eigenvalue weighted by Gasteiger charge is 2.12. The van der Waals surface area contributed by atoms with Crippen molar-refractivity contribution in [3.05, 3.63) is 28.3 Å². The van der Waals surface area contributed by atoms with E-state index in [1.54, 1.807) is 6.07 Å². The van der Waals surface area contributed by atoms with Gasteiger partial charge in [-0.1, -0.05) is 11.6 Å². The van der Waals surface area contributed by atoms with Crippen molar-refractivity contribution >= 4 is 17.4 Å². The summed E-state index contributed by atoms with van der Waals surface area (Å²) in [6.07, 6.45) is 0. The number of Topliss-reactive ketones (excluding diaryl/α,β-unsaturated/α-hetero) is 1. The third-order valence-electron chi connectivity index (χ3n) is 1.86. The van der Waals surface area contributed by atoms with Crippen LogP contribution in [0.5, 0.6) is 5.75 Å². The number of rotatable bonds is 3. The van der Waals surface area contributed by atoms with E-state index in [0.29, 0.717) is 17.9 Å². The number of carbonyl (C=O) groups excluding carboxylic acids is 1. The molecule has 0 radical (unpaired) electrons. The Bertz CT molecular complexity index is 435. The van der Waals surface area contributed by atoms with Crippen molar-refractivity contribution < 1.29 is 9.53 Å². The monoisotopic (exact) mass is 223 g/mol. The van der Waals surface area contributed by atoms with E-state index >= 15 is 0 Å². The molecule has 0 amide bonds. The number of carbonyl (C=O) groups is 1. The van der Waals surface area contributed by atoms with Crippen molar-refractivity contribution in [1.82, 2.24) is 0 Å². The summed E-state index contributed by atoms with van der Waals surface area (Å²) in [6.45, 7) is 3.70. The summed E-state index contributed by atoms with van der Waals surface area (Å²) in [6, 6.07) is 5.00. The van der Waals surface area contributed by atoms with Gasteiger partial charge in [0.25, 0.3) is 0 Å². The van der Waals surface area contributed by atoms with Crippen LogP contribution < -0.4 is 4.74 Å². The molecular weight excluding hydrogens is 214 g/mol. The zero-order valence-electron chi connectivity index (χ0n) is 8.50. The second kappa shape index (κ2) is 4.81. The molecule has 1 aromatic carbocycles. The van der Waals surface area contributed by atoms with Crippen molar-refractivity contribution in [2.24, 2.45) is 0 Å². The molecule has 0 spiro atoms. The minimum Gasteiger partial charge on any atom is -0.494 e. The van der Waals surface area contributed by atoms with Crippen molar-refractivity contribution in [3.8, 4) is 11.8 Å². The average molecular weight is 224 g/mol. The second-order valence-electron chi connectivity index (χ2n) is 2.93. The Labute approximate surface area is 93.2 Å². The van der Waals surface area contributed by atoms with Crippen LogP contribution in [0.3, 0.4) is 0 Å². The van der Waals surface area contributed by atoms with Gasteiger partial charge in [-0.2, -0.15) is 5.26 Å². The van der Waals surface area contributed by atoms with Crippen molar-refractivity contribution in [3.63, 3.8) is 0 Å². The lowest BCUT2D eigenvalue weighted by molar-refractivity contribution is 0.101. The number of nitriles is 1. The van der Waals surface area contributed by atoms with Crippen molar-refractivity contribution in [2.45, 2.75) is 13.8 Å². The molecule has 0 saturated carbocycles. The SMILES string of the molecule is CCOc1cc(C#N)c(Cl)c(C(C)=O)c1. The number of halogens is 1. The predicted molar refractivity (Wildman–Crippen MR) is 57.3 cm³/mol. The van der Waals surface area contributed by atoms with Crippen molar-refractivity contribution in [2.75, 3.05) is 6.61 Å². The third kappa shape index (κ3) is 2.48. The van der Waals surface area contributed by atoms with Gasteiger partial charge in [0.05, 0.1) is 17.2 Å². The molecule has 0 aliphatic rings. The molecule has 4 heteroatoms. The maximum absolute atomic E-state index is 11.2. The van der Waals surface area contributed by atoms with Crippen LogP contribution in [0.1, 0.15) is 29.8 Å². The standard InChI is InChI=1S/C11H10ClNO2/c1-3-15-9-4-8(6-13)11(12)10(5-9)7(2)14/h4-5H,3H2,1-2H3. The summed E-state index contributed by atoms with van der Waals surface area (Å²) in [5, 5.41) is 9.00. The highest BCUT2D eigenvalue weighted by molar-refractivity contribution is 6.35. The Morgan fingerprint density at radius 1 is 1.60 bits per heavy atom. The lowest BCUT2D eigenvalue weighted by Crippen LogP contribution is -1.99. The quantitative estimate of drug-likeness (QED) is 0.741. The lowest BCUT2D eigenvalue weighted by Gasteiger charge is -2.07. The van der Waals surface area contributed by atoms with Gasteiger partial charge in [-0.05, 0) is 26.0 Å². The van der Waals surface area contributed by atoms with Crippen LogP contribution in [0.4, 0.5) is 0 Å².